The summed E-state index contributed by atoms with van der Waals surface area (Å²) in [6, 6.07) is 73.1. The van der Waals surface area contributed by atoms with Crippen LogP contribution < -0.4 is 26.4 Å². The van der Waals surface area contributed by atoms with E-state index >= 15 is 0 Å². The van der Waals surface area contributed by atoms with Crippen molar-refractivity contribution in [1.29, 1.82) is 0 Å². The second-order valence-electron chi connectivity index (χ2n) is 15.6. The number of rotatable bonds is 4. The van der Waals surface area contributed by atoms with E-state index in [1.54, 1.807) is 0 Å². The van der Waals surface area contributed by atoms with Crippen molar-refractivity contribution in [2.75, 3.05) is 9.80 Å². The highest BCUT2D eigenvalue weighted by Gasteiger charge is 2.48. The third-order valence-electron chi connectivity index (χ3n) is 12.4. The lowest BCUT2D eigenvalue weighted by Crippen LogP contribution is -2.60. The van der Waals surface area contributed by atoms with Crippen molar-refractivity contribution < 1.29 is 4.42 Å². The van der Waals surface area contributed by atoms with Crippen molar-refractivity contribution in [3.8, 4) is 22.3 Å². The van der Waals surface area contributed by atoms with Gasteiger partial charge in [0.1, 0.15) is 5.58 Å². The fraction of sp³-hybridized carbons (Fsp3) is 0. The molecule has 0 amide bonds. The van der Waals surface area contributed by atoms with Gasteiger partial charge in [0.2, 0.25) is 0 Å². The van der Waals surface area contributed by atoms with Crippen LogP contribution in [0.5, 0.6) is 0 Å². The molecule has 9 aromatic carbocycles. The first-order valence-electron chi connectivity index (χ1n) is 20.2. The van der Waals surface area contributed by atoms with E-state index in [0.717, 1.165) is 45.1 Å². The van der Waals surface area contributed by atoms with Crippen LogP contribution in [0.3, 0.4) is 0 Å². The maximum Gasteiger partial charge on any atom is 0.298 e. The van der Waals surface area contributed by atoms with Crippen LogP contribution in [0.25, 0.3) is 64.9 Å². The van der Waals surface area contributed by atoms with Gasteiger partial charge in [0.05, 0.1) is 27.7 Å². The summed E-state index contributed by atoms with van der Waals surface area (Å²) in [5.41, 5.74) is 14.8. The van der Waals surface area contributed by atoms with E-state index < -0.39 is 0 Å². The summed E-state index contributed by atoms with van der Waals surface area (Å²) in [7, 11) is 0. The quantitative estimate of drug-likeness (QED) is 0.166. The number of benzene rings is 9. The first-order chi connectivity index (χ1) is 29.3. The molecule has 59 heavy (non-hydrogen) atoms. The van der Waals surface area contributed by atoms with Crippen LogP contribution in [-0.4, -0.2) is 6.71 Å². The number of furan rings is 1. The van der Waals surface area contributed by atoms with E-state index in [2.05, 4.69) is 210 Å². The number of hydrogen-bond acceptors (Lipinski definition) is 4. The molecule has 0 fully saturated rings. The Morgan fingerprint density at radius 2 is 0.915 bits per heavy atom. The van der Waals surface area contributed by atoms with Crippen molar-refractivity contribution >= 4 is 111 Å². The lowest BCUT2D eigenvalue weighted by atomic mass is 9.35. The summed E-state index contributed by atoms with van der Waals surface area (Å²) < 4.78 is 8.50. The lowest BCUT2D eigenvalue weighted by Gasteiger charge is -2.42. The van der Waals surface area contributed by atoms with Crippen molar-refractivity contribution in [1.82, 2.24) is 0 Å². The second-order valence-corrected chi connectivity index (χ2v) is 16.6. The zero-order chi connectivity index (χ0) is 38.6. The Morgan fingerprint density at radius 3 is 1.56 bits per heavy atom. The van der Waals surface area contributed by atoms with Crippen LogP contribution in [0.1, 0.15) is 0 Å². The molecular formula is C54H33BN2OS. The molecule has 2 aromatic heterocycles. The Balaban J connectivity index is 1.18. The van der Waals surface area contributed by atoms with Gasteiger partial charge in [-0.1, -0.05) is 146 Å². The summed E-state index contributed by atoms with van der Waals surface area (Å²) in [6.07, 6.45) is 0. The topological polar surface area (TPSA) is 19.6 Å². The number of thiophene rings is 1. The lowest BCUT2D eigenvalue weighted by molar-refractivity contribution is 0.651. The Kier molecular flexibility index (Phi) is 6.98. The highest BCUT2D eigenvalue weighted by Crippen LogP contribution is 2.52. The first-order valence-corrected chi connectivity index (χ1v) is 21.0. The van der Waals surface area contributed by atoms with Gasteiger partial charge in [-0.15, -0.1) is 11.3 Å². The average molecular weight is 769 g/mol. The van der Waals surface area contributed by atoms with E-state index in [-0.39, 0.29) is 6.71 Å². The predicted molar refractivity (Wildman–Crippen MR) is 252 cm³/mol. The minimum absolute atomic E-state index is 0.136. The molecule has 0 unspecified atom stereocenters. The minimum Gasteiger partial charge on any atom is -0.468 e. The van der Waals surface area contributed by atoms with Crippen LogP contribution in [-0.2, 0) is 0 Å². The SMILES string of the molecule is c1ccc(-c2cc3ccccc3cc2N2c3cccc4c3B(c3oc5ccccc5c3N4c3cc4ccccc4cc3-c3ccccc3)c3c2sc2ccccc32)cc1. The van der Waals surface area contributed by atoms with Gasteiger partial charge in [0.25, 0.3) is 6.71 Å². The van der Waals surface area contributed by atoms with Crippen LogP contribution in [0.4, 0.5) is 33.4 Å². The van der Waals surface area contributed by atoms with Gasteiger partial charge in [-0.2, -0.15) is 0 Å². The summed E-state index contributed by atoms with van der Waals surface area (Å²) in [5, 5.41) is 8.43. The molecule has 0 saturated heterocycles. The first kappa shape index (κ1) is 32.7. The molecule has 5 heteroatoms. The number of para-hydroxylation sites is 1. The summed E-state index contributed by atoms with van der Waals surface area (Å²) in [4.78, 5) is 5.08. The molecule has 0 saturated carbocycles. The molecule has 2 aliphatic rings. The Morgan fingerprint density at radius 1 is 0.407 bits per heavy atom. The van der Waals surface area contributed by atoms with Gasteiger partial charge in [-0.3, -0.25) is 0 Å². The number of anilines is 6. The molecule has 274 valence electrons. The van der Waals surface area contributed by atoms with E-state index in [1.165, 1.54) is 69.8 Å². The minimum atomic E-state index is -0.136. The maximum absolute atomic E-state index is 7.24. The van der Waals surface area contributed by atoms with Gasteiger partial charge in [-0.25, -0.2) is 0 Å². The second kappa shape index (κ2) is 12.6. The maximum atomic E-state index is 7.24. The smallest absolute Gasteiger partial charge is 0.298 e. The van der Waals surface area contributed by atoms with E-state index in [0.29, 0.717) is 0 Å². The number of nitrogens with zero attached hydrogens (tertiary/aromatic N) is 2. The van der Waals surface area contributed by atoms with E-state index in [1.807, 2.05) is 11.3 Å². The Hall–Kier alpha value is -7.34. The largest absolute Gasteiger partial charge is 0.468 e. The molecule has 13 rings (SSSR count). The molecule has 0 spiro atoms. The van der Waals surface area contributed by atoms with Crippen molar-refractivity contribution in [2.24, 2.45) is 0 Å². The predicted octanol–water partition coefficient (Wildman–Crippen LogP) is 13.4. The van der Waals surface area contributed by atoms with Crippen LogP contribution >= 0.6 is 11.3 Å². The van der Waals surface area contributed by atoms with Gasteiger partial charge in [0.15, 0.2) is 0 Å². The van der Waals surface area contributed by atoms with Crippen molar-refractivity contribution in [3.63, 3.8) is 0 Å². The van der Waals surface area contributed by atoms with Crippen LogP contribution in [0.15, 0.2) is 205 Å². The summed E-state index contributed by atoms with van der Waals surface area (Å²) in [5.74, 6) is 0. The van der Waals surface area contributed by atoms with Crippen LogP contribution in [0.2, 0.25) is 0 Å². The Labute approximate surface area is 345 Å². The monoisotopic (exact) mass is 768 g/mol. The third-order valence-corrected chi connectivity index (χ3v) is 13.6. The fourth-order valence-electron chi connectivity index (χ4n) is 9.85. The molecule has 0 aliphatic carbocycles. The van der Waals surface area contributed by atoms with Gasteiger partial charge in [-0.05, 0) is 104 Å². The molecule has 0 atom stereocenters. The average Bonchev–Trinajstić information content (AvgIpc) is 3.88. The molecule has 0 N–H and O–H groups in total. The highest BCUT2D eigenvalue weighted by atomic mass is 32.1. The summed E-state index contributed by atoms with van der Waals surface area (Å²) in [6.45, 7) is -0.136. The molecule has 11 aromatic rings. The zero-order valence-corrected chi connectivity index (χ0v) is 32.7. The summed E-state index contributed by atoms with van der Waals surface area (Å²) >= 11 is 1.88. The zero-order valence-electron chi connectivity index (χ0n) is 31.8. The van der Waals surface area contributed by atoms with Crippen molar-refractivity contribution in [2.45, 2.75) is 0 Å². The standard InChI is InChI=1S/C54H33BN2OS/c1-3-16-34(17-4-1)42-30-36-20-7-9-22-38(36)32-46(42)56-44-26-15-27-45-51(44)55(53-52(56)40-24-11-13-28-48(40)58-53)50-41-25-12-14-29-49(41)59-54(50)57(45)47-33-39-23-10-8-21-37(39)31-43(47)35-18-5-2-6-19-35/h1-33H. The van der Waals surface area contributed by atoms with E-state index in [4.69, 9.17) is 4.42 Å². The van der Waals surface area contributed by atoms with E-state index in [9.17, 15) is 0 Å². The van der Waals surface area contributed by atoms with Gasteiger partial charge >= 0.3 is 0 Å². The van der Waals surface area contributed by atoms with Crippen LogP contribution in [0, 0.1) is 0 Å². The Bertz CT molecular complexity index is 3480. The highest BCUT2D eigenvalue weighted by molar-refractivity contribution is 7.26. The number of fused-ring (bicyclic) bond motifs is 10. The molecule has 0 radical (unpaired) electrons. The fourth-order valence-corrected chi connectivity index (χ4v) is 11.1. The molecule has 0 bridgehead atoms. The van der Waals surface area contributed by atoms with Gasteiger partial charge in [0, 0.05) is 32.6 Å². The third kappa shape index (κ3) is 4.77. The number of hydrogen-bond donors (Lipinski definition) is 0. The normalized spacial score (nSPS) is 13.0. The van der Waals surface area contributed by atoms with Crippen molar-refractivity contribution in [3.05, 3.63) is 200 Å². The molecule has 4 heterocycles. The molecule has 2 aliphatic heterocycles. The molecule has 3 nitrogen and oxygen atoms in total. The molecular weight excluding hydrogens is 735 g/mol. The van der Waals surface area contributed by atoms with Gasteiger partial charge < -0.3 is 14.2 Å².